The number of aryl methyl sites for hydroxylation is 1. The van der Waals surface area contributed by atoms with Crippen LogP contribution < -0.4 is 15.4 Å². The normalized spacial score (nSPS) is 11.0. The monoisotopic (exact) mass is 527 g/mol. The molecule has 7 heteroatoms. The number of hydrogen-bond acceptors (Lipinski definition) is 4. The van der Waals surface area contributed by atoms with E-state index in [0.29, 0.717) is 32.1 Å². The minimum atomic E-state index is 0. The Labute approximate surface area is 197 Å². The minimum Gasteiger partial charge on any atom is -0.508 e. The maximum atomic E-state index is 9.58. The summed E-state index contributed by atoms with van der Waals surface area (Å²) in [5, 5.41) is 16.2. The summed E-state index contributed by atoms with van der Waals surface area (Å²) >= 11 is 0. The summed E-state index contributed by atoms with van der Waals surface area (Å²) in [6.07, 6.45) is 0.801. The Hall–Kier alpha value is -2.00. The summed E-state index contributed by atoms with van der Waals surface area (Å²) in [7, 11) is 0. The first kappa shape index (κ1) is 26.0. The molecule has 0 aliphatic heterocycles. The first-order chi connectivity index (χ1) is 14.1. The Morgan fingerprint density at radius 3 is 2.63 bits per heavy atom. The van der Waals surface area contributed by atoms with Gasteiger partial charge in [-0.25, -0.2) is 4.99 Å². The van der Waals surface area contributed by atoms with E-state index in [1.54, 1.807) is 12.1 Å². The van der Waals surface area contributed by atoms with E-state index in [1.165, 1.54) is 0 Å². The Kier molecular flexibility index (Phi) is 12.9. The number of aromatic hydroxyl groups is 1. The highest BCUT2D eigenvalue weighted by Gasteiger charge is 2.06. The molecule has 2 aromatic carbocycles. The number of benzene rings is 2. The third-order valence-corrected chi connectivity index (χ3v) is 4.28. The van der Waals surface area contributed by atoms with Crippen LogP contribution in [0.15, 0.2) is 47.5 Å². The lowest BCUT2D eigenvalue weighted by atomic mass is 10.1. The fourth-order valence-electron chi connectivity index (χ4n) is 2.82. The van der Waals surface area contributed by atoms with Crippen molar-refractivity contribution >= 4 is 29.9 Å². The molecule has 166 valence electrons. The van der Waals surface area contributed by atoms with Crippen molar-refractivity contribution in [2.75, 3.05) is 32.9 Å². The van der Waals surface area contributed by atoms with Gasteiger partial charge in [0.25, 0.3) is 0 Å². The molecule has 3 N–H and O–H groups in total. The molecule has 0 heterocycles. The Morgan fingerprint density at radius 2 is 1.90 bits per heavy atom. The number of phenolic OH excluding ortho intramolecular Hbond substituents is 1. The zero-order valence-corrected chi connectivity index (χ0v) is 20.4. The summed E-state index contributed by atoms with van der Waals surface area (Å²) in [4.78, 5) is 4.70. The van der Waals surface area contributed by atoms with Crippen molar-refractivity contribution in [3.8, 4) is 11.5 Å². The highest BCUT2D eigenvalue weighted by atomic mass is 127. The van der Waals surface area contributed by atoms with Crippen LogP contribution in [0.3, 0.4) is 0 Å². The van der Waals surface area contributed by atoms with Crippen LogP contribution in [0.25, 0.3) is 0 Å². The molecule has 0 unspecified atom stereocenters. The average Bonchev–Trinajstić information content (AvgIpc) is 2.70. The van der Waals surface area contributed by atoms with Gasteiger partial charge in [0, 0.05) is 25.3 Å². The van der Waals surface area contributed by atoms with Crippen LogP contribution in [0.2, 0.25) is 0 Å². The van der Waals surface area contributed by atoms with E-state index in [0.717, 1.165) is 47.9 Å². The van der Waals surface area contributed by atoms with E-state index in [9.17, 15) is 5.11 Å². The first-order valence-electron chi connectivity index (χ1n) is 10.2. The topological polar surface area (TPSA) is 75.1 Å². The van der Waals surface area contributed by atoms with Gasteiger partial charge < -0.3 is 25.2 Å². The molecular weight excluding hydrogens is 493 g/mol. The van der Waals surface area contributed by atoms with E-state index >= 15 is 0 Å². The zero-order chi connectivity index (χ0) is 20.9. The first-order valence-corrected chi connectivity index (χ1v) is 10.2. The Bertz CT molecular complexity index is 784. The number of rotatable bonds is 11. The van der Waals surface area contributed by atoms with Crippen LogP contribution >= 0.6 is 24.0 Å². The number of guanidine groups is 1. The molecule has 0 spiro atoms. The lowest BCUT2D eigenvalue weighted by Crippen LogP contribution is -2.38. The summed E-state index contributed by atoms with van der Waals surface area (Å²) in [5.41, 5.74) is 3.27. The highest BCUT2D eigenvalue weighted by molar-refractivity contribution is 14.0. The largest absolute Gasteiger partial charge is 0.508 e. The van der Waals surface area contributed by atoms with Crippen molar-refractivity contribution in [1.82, 2.24) is 10.6 Å². The quantitative estimate of drug-likeness (QED) is 0.178. The molecule has 0 saturated carbocycles. The maximum Gasteiger partial charge on any atom is 0.191 e. The van der Waals surface area contributed by atoms with Crippen LogP contribution in [-0.2, 0) is 17.7 Å². The molecule has 0 radical (unpaired) electrons. The number of hydrogen-bond donors (Lipinski definition) is 3. The van der Waals surface area contributed by atoms with Gasteiger partial charge in [0.05, 0.1) is 13.2 Å². The zero-order valence-electron chi connectivity index (χ0n) is 18.1. The van der Waals surface area contributed by atoms with E-state index in [2.05, 4.69) is 29.7 Å². The van der Waals surface area contributed by atoms with Crippen molar-refractivity contribution in [2.24, 2.45) is 4.99 Å². The molecule has 0 atom stereocenters. The molecule has 0 aliphatic rings. The summed E-state index contributed by atoms with van der Waals surface area (Å²) in [6.45, 7) is 9.88. The number of halogens is 1. The van der Waals surface area contributed by atoms with Gasteiger partial charge in [-0.3, -0.25) is 0 Å². The minimum absolute atomic E-state index is 0. The third kappa shape index (κ3) is 9.67. The molecule has 6 nitrogen and oxygen atoms in total. The van der Waals surface area contributed by atoms with Crippen molar-refractivity contribution in [2.45, 2.75) is 33.7 Å². The van der Waals surface area contributed by atoms with Gasteiger partial charge >= 0.3 is 0 Å². The van der Waals surface area contributed by atoms with E-state index in [4.69, 9.17) is 14.5 Å². The molecule has 2 rings (SSSR count). The van der Waals surface area contributed by atoms with Gasteiger partial charge in [-0.05, 0) is 56.5 Å². The second-order valence-electron chi connectivity index (χ2n) is 6.70. The van der Waals surface area contributed by atoms with Gasteiger partial charge in [-0.15, -0.1) is 24.0 Å². The predicted octanol–water partition coefficient (Wildman–Crippen LogP) is 4.03. The predicted molar refractivity (Wildman–Crippen MR) is 133 cm³/mol. The average molecular weight is 527 g/mol. The van der Waals surface area contributed by atoms with Crippen LogP contribution in [0.1, 0.15) is 30.5 Å². The van der Waals surface area contributed by atoms with Crippen molar-refractivity contribution in [3.05, 3.63) is 59.2 Å². The molecule has 0 bridgehead atoms. The smallest absolute Gasteiger partial charge is 0.191 e. The van der Waals surface area contributed by atoms with E-state index in [-0.39, 0.29) is 24.0 Å². The summed E-state index contributed by atoms with van der Waals surface area (Å²) in [6, 6.07) is 13.5. The van der Waals surface area contributed by atoms with Crippen LogP contribution in [0.5, 0.6) is 11.5 Å². The van der Waals surface area contributed by atoms with Crippen molar-refractivity contribution in [1.29, 1.82) is 0 Å². The van der Waals surface area contributed by atoms with Gasteiger partial charge in [-0.1, -0.05) is 24.3 Å². The molecule has 30 heavy (non-hydrogen) atoms. The van der Waals surface area contributed by atoms with Crippen LogP contribution in [-0.4, -0.2) is 44.0 Å². The molecule has 0 aromatic heterocycles. The second-order valence-corrected chi connectivity index (χ2v) is 6.70. The summed E-state index contributed by atoms with van der Waals surface area (Å²) in [5.74, 6) is 1.90. The summed E-state index contributed by atoms with van der Waals surface area (Å²) < 4.78 is 11.3. The van der Waals surface area contributed by atoms with Crippen molar-refractivity contribution < 1.29 is 14.6 Å². The van der Waals surface area contributed by atoms with Crippen LogP contribution in [0, 0.1) is 6.92 Å². The standard InChI is InChI=1S/C23H33N3O3.HI/c1-4-24-23(25-12-11-19-7-6-8-21(27)16-19)26-17-20-10-9-18(3)15-22(20)29-14-13-28-5-2;/h6-10,15-16,27H,4-5,11-14,17H2,1-3H3,(H2,24,25,26);1H. The van der Waals surface area contributed by atoms with Crippen LogP contribution in [0.4, 0.5) is 0 Å². The van der Waals surface area contributed by atoms with Gasteiger partial charge in [-0.2, -0.15) is 0 Å². The van der Waals surface area contributed by atoms with Gasteiger partial charge in [0.1, 0.15) is 18.1 Å². The highest BCUT2D eigenvalue weighted by Crippen LogP contribution is 2.21. The van der Waals surface area contributed by atoms with E-state index in [1.807, 2.05) is 32.0 Å². The Morgan fingerprint density at radius 1 is 1.07 bits per heavy atom. The molecular formula is C23H34IN3O3. The molecule has 0 fully saturated rings. The van der Waals surface area contributed by atoms with E-state index < -0.39 is 0 Å². The second kappa shape index (κ2) is 14.9. The third-order valence-electron chi connectivity index (χ3n) is 4.28. The number of nitrogens with zero attached hydrogens (tertiary/aromatic N) is 1. The lowest BCUT2D eigenvalue weighted by molar-refractivity contribution is 0.110. The maximum absolute atomic E-state index is 9.58. The fourth-order valence-corrected chi connectivity index (χ4v) is 2.82. The molecule has 0 aliphatic carbocycles. The number of phenols is 1. The van der Waals surface area contributed by atoms with Crippen molar-refractivity contribution in [3.63, 3.8) is 0 Å². The molecule has 0 amide bonds. The van der Waals surface area contributed by atoms with Gasteiger partial charge in [0.15, 0.2) is 5.96 Å². The number of ether oxygens (including phenoxy) is 2. The molecule has 2 aromatic rings. The number of nitrogens with one attached hydrogen (secondary N) is 2. The Balaban J connectivity index is 0.00000450. The fraction of sp³-hybridized carbons (Fsp3) is 0.435. The number of aliphatic imine (C=N–C) groups is 1. The SMILES string of the molecule is CCNC(=NCc1ccc(C)cc1OCCOCC)NCCc1cccc(O)c1.I. The van der Waals surface area contributed by atoms with Gasteiger partial charge in [0.2, 0.25) is 0 Å². The lowest BCUT2D eigenvalue weighted by Gasteiger charge is -2.14. The molecule has 0 saturated heterocycles.